The van der Waals surface area contributed by atoms with Gasteiger partial charge in [0.25, 0.3) is 0 Å². The Balaban J connectivity index is 1.51. The van der Waals surface area contributed by atoms with Gasteiger partial charge in [-0.2, -0.15) is 0 Å². The van der Waals surface area contributed by atoms with Crippen LogP contribution in [0.2, 0.25) is 5.02 Å². The Bertz CT molecular complexity index is 997. The molecule has 0 aliphatic carbocycles. The fourth-order valence-corrected chi connectivity index (χ4v) is 2.61. The summed E-state index contributed by atoms with van der Waals surface area (Å²) in [7, 11) is 0. The molecule has 0 radical (unpaired) electrons. The molecule has 7 nitrogen and oxygen atoms in total. The molecule has 0 aliphatic heterocycles. The van der Waals surface area contributed by atoms with Crippen LogP contribution in [-0.2, 0) is 6.61 Å². The van der Waals surface area contributed by atoms with Crippen LogP contribution < -0.4 is 4.84 Å². The standard InChI is InChI=1S/C15H10BrClN6O/c16-10-1-4-13(5-2-10)22-8-12(18-20-22)9-24-23-15-7-11(17)3-6-14(15)19-21-23/h1-8H,9H2. The molecule has 0 unspecified atom stereocenters. The van der Waals surface area contributed by atoms with Crippen LogP contribution in [0.15, 0.2) is 53.1 Å². The van der Waals surface area contributed by atoms with Crippen LogP contribution in [0.25, 0.3) is 16.7 Å². The van der Waals surface area contributed by atoms with E-state index in [-0.39, 0.29) is 6.61 Å². The largest absolute Gasteiger partial charge is 0.388 e. The van der Waals surface area contributed by atoms with Gasteiger partial charge in [-0.1, -0.05) is 37.6 Å². The van der Waals surface area contributed by atoms with Gasteiger partial charge in [-0.05, 0) is 47.7 Å². The highest BCUT2D eigenvalue weighted by Crippen LogP contribution is 2.17. The van der Waals surface area contributed by atoms with Crippen LogP contribution in [0.4, 0.5) is 0 Å². The Hall–Kier alpha value is -2.45. The summed E-state index contributed by atoms with van der Waals surface area (Å²) >= 11 is 9.40. The summed E-state index contributed by atoms with van der Waals surface area (Å²) in [4.78, 5) is 6.96. The average molecular weight is 406 g/mol. The van der Waals surface area contributed by atoms with Crippen LogP contribution >= 0.6 is 27.5 Å². The van der Waals surface area contributed by atoms with E-state index in [9.17, 15) is 0 Å². The normalized spacial score (nSPS) is 11.1. The molecule has 0 atom stereocenters. The summed E-state index contributed by atoms with van der Waals surface area (Å²) in [5.74, 6) is 0. The minimum atomic E-state index is 0.210. The van der Waals surface area contributed by atoms with Crippen LogP contribution in [0.1, 0.15) is 5.69 Å². The maximum absolute atomic E-state index is 5.99. The molecule has 4 aromatic rings. The van der Waals surface area contributed by atoms with E-state index >= 15 is 0 Å². The molecular formula is C15H10BrClN6O. The lowest BCUT2D eigenvalue weighted by atomic mass is 10.3. The molecule has 4 rings (SSSR count). The van der Waals surface area contributed by atoms with Crippen LogP contribution in [-0.4, -0.2) is 30.2 Å². The van der Waals surface area contributed by atoms with E-state index in [4.69, 9.17) is 16.4 Å². The van der Waals surface area contributed by atoms with Gasteiger partial charge in [0.15, 0.2) is 6.61 Å². The van der Waals surface area contributed by atoms with Crippen molar-refractivity contribution in [3.63, 3.8) is 0 Å². The SMILES string of the molecule is Clc1ccc2nnn(OCc3cn(-c4ccc(Br)cc4)nn3)c2c1. The molecule has 0 spiro atoms. The molecular weight excluding hydrogens is 396 g/mol. The molecule has 24 heavy (non-hydrogen) atoms. The summed E-state index contributed by atoms with van der Waals surface area (Å²) in [6, 6.07) is 13.1. The van der Waals surface area contributed by atoms with E-state index in [1.54, 1.807) is 29.1 Å². The third kappa shape index (κ3) is 2.98. The van der Waals surface area contributed by atoms with Crippen molar-refractivity contribution < 1.29 is 4.84 Å². The summed E-state index contributed by atoms with van der Waals surface area (Å²) in [5.41, 5.74) is 2.99. The molecule has 0 fully saturated rings. The van der Waals surface area contributed by atoms with E-state index < -0.39 is 0 Å². The van der Waals surface area contributed by atoms with Gasteiger partial charge in [0.05, 0.1) is 11.9 Å². The summed E-state index contributed by atoms with van der Waals surface area (Å²) in [6.45, 7) is 0.210. The van der Waals surface area contributed by atoms with Crippen molar-refractivity contribution in [2.45, 2.75) is 6.61 Å². The van der Waals surface area contributed by atoms with Crippen molar-refractivity contribution in [1.82, 2.24) is 30.2 Å². The van der Waals surface area contributed by atoms with Gasteiger partial charge in [0.1, 0.15) is 16.7 Å². The second-order valence-corrected chi connectivity index (χ2v) is 6.35. The Morgan fingerprint density at radius 2 is 1.88 bits per heavy atom. The maximum atomic E-state index is 5.99. The minimum absolute atomic E-state index is 0.210. The quantitative estimate of drug-likeness (QED) is 0.522. The van der Waals surface area contributed by atoms with E-state index in [0.717, 1.165) is 10.2 Å². The molecule has 0 aliphatic rings. The smallest absolute Gasteiger partial charge is 0.162 e. The average Bonchev–Trinajstić information content (AvgIpc) is 3.20. The van der Waals surface area contributed by atoms with Gasteiger partial charge in [-0.3, -0.25) is 0 Å². The fraction of sp³-hybridized carbons (Fsp3) is 0.0667. The Labute approximate surface area is 149 Å². The van der Waals surface area contributed by atoms with Crippen LogP contribution in [0, 0.1) is 0 Å². The minimum Gasteiger partial charge on any atom is -0.388 e. The molecule has 2 heterocycles. The summed E-state index contributed by atoms with van der Waals surface area (Å²) in [5, 5.41) is 16.8. The Morgan fingerprint density at radius 3 is 2.71 bits per heavy atom. The summed E-state index contributed by atoms with van der Waals surface area (Å²) in [6.07, 6.45) is 1.80. The second kappa shape index (κ2) is 6.21. The zero-order chi connectivity index (χ0) is 16.5. The molecule has 0 saturated carbocycles. The second-order valence-electron chi connectivity index (χ2n) is 5.00. The molecule has 0 saturated heterocycles. The first kappa shape index (κ1) is 15.1. The lowest BCUT2D eigenvalue weighted by molar-refractivity contribution is 0.0731. The van der Waals surface area contributed by atoms with Crippen molar-refractivity contribution in [2.24, 2.45) is 0 Å². The van der Waals surface area contributed by atoms with E-state index in [1.807, 2.05) is 24.3 Å². The molecule has 0 amide bonds. The molecule has 9 heteroatoms. The first-order chi connectivity index (χ1) is 11.7. The maximum Gasteiger partial charge on any atom is 0.162 e. The Morgan fingerprint density at radius 1 is 1.04 bits per heavy atom. The Kier molecular flexibility index (Phi) is 3.91. The number of benzene rings is 2. The lowest BCUT2D eigenvalue weighted by Crippen LogP contribution is -2.13. The highest BCUT2D eigenvalue weighted by atomic mass is 79.9. The van der Waals surface area contributed by atoms with Crippen molar-refractivity contribution >= 4 is 38.6 Å². The first-order valence-electron chi connectivity index (χ1n) is 7.00. The number of nitrogens with zero attached hydrogens (tertiary/aromatic N) is 6. The van der Waals surface area contributed by atoms with E-state index in [0.29, 0.717) is 21.7 Å². The molecule has 0 N–H and O–H groups in total. The highest BCUT2D eigenvalue weighted by Gasteiger charge is 2.08. The lowest BCUT2D eigenvalue weighted by Gasteiger charge is -2.03. The van der Waals surface area contributed by atoms with Gasteiger partial charge in [-0.15, -0.1) is 10.2 Å². The highest BCUT2D eigenvalue weighted by molar-refractivity contribution is 9.10. The van der Waals surface area contributed by atoms with Crippen molar-refractivity contribution in [1.29, 1.82) is 0 Å². The van der Waals surface area contributed by atoms with Crippen molar-refractivity contribution in [2.75, 3.05) is 0 Å². The molecule has 120 valence electrons. The molecule has 0 bridgehead atoms. The van der Waals surface area contributed by atoms with Gasteiger partial charge in [0, 0.05) is 9.50 Å². The monoisotopic (exact) mass is 404 g/mol. The number of hydrogen-bond donors (Lipinski definition) is 0. The number of rotatable bonds is 4. The third-order valence-electron chi connectivity index (χ3n) is 3.34. The van der Waals surface area contributed by atoms with E-state index in [2.05, 4.69) is 36.6 Å². The van der Waals surface area contributed by atoms with Crippen LogP contribution in [0.5, 0.6) is 0 Å². The third-order valence-corrected chi connectivity index (χ3v) is 4.11. The van der Waals surface area contributed by atoms with Crippen LogP contribution in [0.3, 0.4) is 0 Å². The zero-order valence-electron chi connectivity index (χ0n) is 12.2. The predicted octanol–water partition coefficient (Wildman–Crippen LogP) is 3.06. The summed E-state index contributed by atoms with van der Waals surface area (Å²) < 4.78 is 2.69. The van der Waals surface area contributed by atoms with Gasteiger partial charge in [0.2, 0.25) is 0 Å². The molecule has 2 aromatic carbocycles. The van der Waals surface area contributed by atoms with Crippen molar-refractivity contribution in [3.05, 3.63) is 63.9 Å². The zero-order valence-corrected chi connectivity index (χ0v) is 14.5. The fourth-order valence-electron chi connectivity index (χ4n) is 2.18. The van der Waals surface area contributed by atoms with Gasteiger partial charge < -0.3 is 4.84 Å². The topological polar surface area (TPSA) is 70.7 Å². The van der Waals surface area contributed by atoms with E-state index in [1.165, 1.54) is 4.85 Å². The number of aromatic nitrogens is 6. The van der Waals surface area contributed by atoms with Gasteiger partial charge >= 0.3 is 0 Å². The first-order valence-corrected chi connectivity index (χ1v) is 8.17. The number of hydrogen-bond acceptors (Lipinski definition) is 5. The van der Waals surface area contributed by atoms with Gasteiger partial charge in [-0.25, -0.2) is 4.68 Å². The predicted molar refractivity (Wildman–Crippen MR) is 91.9 cm³/mol. The number of fused-ring (bicyclic) bond motifs is 1. The molecule has 2 aromatic heterocycles. The number of halogens is 2. The van der Waals surface area contributed by atoms with Crippen molar-refractivity contribution in [3.8, 4) is 5.69 Å².